The van der Waals surface area contributed by atoms with E-state index in [4.69, 9.17) is 16.3 Å². The van der Waals surface area contributed by atoms with Crippen LogP contribution in [0.15, 0.2) is 72.9 Å². The summed E-state index contributed by atoms with van der Waals surface area (Å²) in [4.78, 5) is 18.8. The van der Waals surface area contributed by atoms with Crippen molar-refractivity contribution in [2.24, 2.45) is 0 Å². The number of ether oxygens (including phenoxy) is 1. The van der Waals surface area contributed by atoms with Crippen LogP contribution in [0.5, 0.6) is 5.75 Å². The fourth-order valence-corrected chi connectivity index (χ4v) is 2.97. The molecule has 0 aliphatic carbocycles. The molecule has 3 aromatic rings. The summed E-state index contributed by atoms with van der Waals surface area (Å²) >= 11 is 6.28. The van der Waals surface area contributed by atoms with Gasteiger partial charge in [0.05, 0.1) is 6.54 Å². The summed E-state index contributed by atoms with van der Waals surface area (Å²) in [5.74, 6) is 1.49. The van der Waals surface area contributed by atoms with Gasteiger partial charge in [-0.1, -0.05) is 61.8 Å². The second-order valence-electron chi connectivity index (χ2n) is 6.77. The van der Waals surface area contributed by atoms with E-state index in [1.165, 1.54) is 5.56 Å². The van der Waals surface area contributed by atoms with Crippen molar-refractivity contribution in [1.82, 2.24) is 4.98 Å². The molecule has 0 bridgehead atoms. The van der Waals surface area contributed by atoms with Gasteiger partial charge in [0.1, 0.15) is 11.6 Å². The predicted octanol–water partition coefficient (Wildman–Crippen LogP) is 5.47. The van der Waals surface area contributed by atoms with E-state index in [-0.39, 0.29) is 12.5 Å². The number of hydrogen-bond acceptors (Lipinski definition) is 3. The zero-order chi connectivity index (χ0) is 19.9. The van der Waals surface area contributed by atoms with Gasteiger partial charge in [-0.3, -0.25) is 9.69 Å². The SMILES string of the molecule is CC(C)c1ccc(OCC(=O)N(Cc2ccccc2Cl)c2ccccn2)cc1. The number of pyridine rings is 1. The summed E-state index contributed by atoms with van der Waals surface area (Å²) < 4.78 is 5.72. The third-order valence-corrected chi connectivity index (χ3v) is 4.79. The molecular weight excluding hydrogens is 372 g/mol. The highest BCUT2D eigenvalue weighted by Crippen LogP contribution is 2.22. The average molecular weight is 395 g/mol. The van der Waals surface area contributed by atoms with Gasteiger partial charge < -0.3 is 4.74 Å². The van der Waals surface area contributed by atoms with Crippen molar-refractivity contribution in [2.75, 3.05) is 11.5 Å². The smallest absolute Gasteiger partial charge is 0.266 e. The van der Waals surface area contributed by atoms with Crippen LogP contribution >= 0.6 is 11.6 Å². The van der Waals surface area contributed by atoms with Crippen molar-refractivity contribution >= 4 is 23.3 Å². The fourth-order valence-electron chi connectivity index (χ4n) is 2.78. The number of rotatable bonds is 7. The molecule has 28 heavy (non-hydrogen) atoms. The molecule has 0 aliphatic heterocycles. The highest BCUT2D eigenvalue weighted by atomic mass is 35.5. The average Bonchev–Trinajstić information content (AvgIpc) is 2.72. The first-order chi connectivity index (χ1) is 13.5. The first-order valence-corrected chi connectivity index (χ1v) is 9.60. The molecule has 0 atom stereocenters. The van der Waals surface area contributed by atoms with E-state index in [0.29, 0.717) is 29.1 Å². The largest absolute Gasteiger partial charge is 0.484 e. The molecular formula is C23H23ClN2O2. The standard InChI is InChI=1S/C23H23ClN2O2/c1-17(2)18-10-12-20(13-11-18)28-16-23(27)26(22-9-5-6-14-25-22)15-19-7-3-4-8-21(19)24/h3-14,17H,15-16H2,1-2H3. The van der Waals surface area contributed by atoms with Crippen molar-refractivity contribution in [1.29, 1.82) is 0 Å². The quantitative estimate of drug-likeness (QED) is 0.533. The van der Waals surface area contributed by atoms with E-state index >= 15 is 0 Å². The normalized spacial score (nSPS) is 10.7. The van der Waals surface area contributed by atoms with Crippen molar-refractivity contribution in [3.05, 3.63) is 89.1 Å². The second kappa shape index (κ2) is 9.38. The Morgan fingerprint density at radius 3 is 2.39 bits per heavy atom. The minimum atomic E-state index is -0.188. The molecule has 1 aromatic heterocycles. The van der Waals surface area contributed by atoms with E-state index in [9.17, 15) is 4.79 Å². The van der Waals surface area contributed by atoms with Gasteiger partial charge in [-0.15, -0.1) is 0 Å². The number of hydrogen-bond donors (Lipinski definition) is 0. The van der Waals surface area contributed by atoms with Crippen molar-refractivity contribution < 1.29 is 9.53 Å². The molecule has 0 spiro atoms. The maximum atomic E-state index is 12.9. The number of nitrogens with zero attached hydrogens (tertiary/aromatic N) is 2. The third kappa shape index (κ3) is 5.11. The number of aromatic nitrogens is 1. The number of amides is 1. The fraction of sp³-hybridized carbons (Fsp3) is 0.217. The van der Waals surface area contributed by atoms with Gasteiger partial charge in [0.2, 0.25) is 0 Å². The van der Waals surface area contributed by atoms with Gasteiger partial charge in [0, 0.05) is 11.2 Å². The number of carbonyl (C=O) groups excluding carboxylic acids is 1. The van der Waals surface area contributed by atoms with Gasteiger partial charge in [0.15, 0.2) is 6.61 Å². The van der Waals surface area contributed by atoms with Crippen LogP contribution in [0, 0.1) is 0 Å². The van der Waals surface area contributed by atoms with Crippen LogP contribution in [0.25, 0.3) is 0 Å². The van der Waals surface area contributed by atoms with E-state index in [0.717, 1.165) is 5.56 Å². The minimum Gasteiger partial charge on any atom is -0.484 e. The Morgan fingerprint density at radius 2 is 1.75 bits per heavy atom. The number of benzene rings is 2. The Kier molecular flexibility index (Phi) is 6.66. The zero-order valence-electron chi connectivity index (χ0n) is 16.0. The van der Waals surface area contributed by atoms with Crippen LogP contribution in [-0.2, 0) is 11.3 Å². The van der Waals surface area contributed by atoms with Gasteiger partial charge in [-0.2, -0.15) is 0 Å². The molecule has 0 saturated carbocycles. The lowest BCUT2D eigenvalue weighted by atomic mass is 10.0. The first-order valence-electron chi connectivity index (χ1n) is 9.22. The number of halogens is 1. The monoisotopic (exact) mass is 394 g/mol. The molecule has 0 fully saturated rings. The summed E-state index contributed by atoms with van der Waals surface area (Å²) in [6.45, 7) is 4.52. The minimum absolute atomic E-state index is 0.0813. The van der Waals surface area contributed by atoms with Crippen LogP contribution in [0.2, 0.25) is 5.02 Å². The van der Waals surface area contributed by atoms with Gasteiger partial charge in [0.25, 0.3) is 5.91 Å². The molecule has 5 heteroatoms. The molecule has 0 saturated heterocycles. The Bertz CT molecular complexity index is 911. The highest BCUT2D eigenvalue weighted by Gasteiger charge is 2.19. The van der Waals surface area contributed by atoms with Crippen LogP contribution in [0.3, 0.4) is 0 Å². The van der Waals surface area contributed by atoms with E-state index in [1.54, 1.807) is 17.2 Å². The molecule has 0 unspecified atom stereocenters. The van der Waals surface area contributed by atoms with E-state index < -0.39 is 0 Å². The molecule has 1 amide bonds. The van der Waals surface area contributed by atoms with Crippen molar-refractivity contribution in [3.63, 3.8) is 0 Å². The van der Waals surface area contributed by atoms with Crippen molar-refractivity contribution in [3.8, 4) is 5.75 Å². The maximum absolute atomic E-state index is 12.9. The maximum Gasteiger partial charge on any atom is 0.266 e. The van der Waals surface area contributed by atoms with Gasteiger partial charge in [-0.25, -0.2) is 4.98 Å². The molecule has 4 nitrogen and oxygen atoms in total. The third-order valence-electron chi connectivity index (χ3n) is 4.42. The summed E-state index contributed by atoms with van der Waals surface area (Å²) in [6.07, 6.45) is 1.66. The number of carbonyl (C=O) groups is 1. The molecule has 144 valence electrons. The summed E-state index contributed by atoms with van der Waals surface area (Å²) in [7, 11) is 0. The molecule has 1 heterocycles. The first kappa shape index (κ1) is 19.9. The Balaban J connectivity index is 1.74. The summed E-state index contributed by atoms with van der Waals surface area (Å²) in [5, 5.41) is 0.612. The van der Waals surface area contributed by atoms with Gasteiger partial charge in [-0.05, 0) is 47.4 Å². The summed E-state index contributed by atoms with van der Waals surface area (Å²) in [5.41, 5.74) is 2.08. The summed E-state index contributed by atoms with van der Waals surface area (Å²) in [6, 6.07) is 20.7. The lowest BCUT2D eigenvalue weighted by Gasteiger charge is -2.22. The van der Waals surface area contributed by atoms with Gasteiger partial charge >= 0.3 is 0 Å². The van der Waals surface area contributed by atoms with Crippen LogP contribution in [0.4, 0.5) is 5.82 Å². The Hall–Kier alpha value is -2.85. The van der Waals surface area contributed by atoms with Crippen LogP contribution in [-0.4, -0.2) is 17.5 Å². The molecule has 0 radical (unpaired) electrons. The van der Waals surface area contributed by atoms with Crippen LogP contribution in [0.1, 0.15) is 30.9 Å². The second-order valence-corrected chi connectivity index (χ2v) is 7.18. The lowest BCUT2D eigenvalue weighted by Crippen LogP contribution is -2.35. The number of anilines is 1. The predicted molar refractivity (Wildman–Crippen MR) is 113 cm³/mol. The highest BCUT2D eigenvalue weighted by molar-refractivity contribution is 6.31. The van der Waals surface area contributed by atoms with E-state index in [1.807, 2.05) is 60.7 Å². The molecule has 3 rings (SSSR count). The lowest BCUT2D eigenvalue weighted by molar-refractivity contribution is -0.120. The Morgan fingerprint density at radius 1 is 1.04 bits per heavy atom. The van der Waals surface area contributed by atoms with Crippen molar-refractivity contribution in [2.45, 2.75) is 26.3 Å². The Labute approximate surface area is 170 Å². The molecule has 0 N–H and O–H groups in total. The van der Waals surface area contributed by atoms with Crippen LogP contribution < -0.4 is 9.64 Å². The molecule has 0 aliphatic rings. The topological polar surface area (TPSA) is 42.4 Å². The van der Waals surface area contributed by atoms with E-state index in [2.05, 4.69) is 18.8 Å². The zero-order valence-corrected chi connectivity index (χ0v) is 16.8. The molecule has 2 aromatic carbocycles.